The number of nitrogens with two attached hydrogens (primary N) is 1. The smallest absolute Gasteiger partial charge is 0.338 e. The van der Waals surface area contributed by atoms with Crippen LogP contribution in [-0.2, 0) is 20.8 Å². The molecule has 0 unspecified atom stereocenters. The van der Waals surface area contributed by atoms with E-state index in [0.29, 0.717) is 28.2 Å². The fourth-order valence-electron chi connectivity index (χ4n) is 4.90. The molecule has 0 amide bonds. The highest BCUT2D eigenvalue weighted by molar-refractivity contribution is 9.10. The van der Waals surface area contributed by atoms with Gasteiger partial charge < -0.3 is 19.9 Å². The third-order valence-corrected chi connectivity index (χ3v) is 7.76. The number of hydrogen-bond acceptors (Lipinski definition) is 7. The number of halogens is 1. The van der Waals surface area contributed by atoms with E-state index in [1.54, 1.807) is 13.2 Å². The molecule has 0 spiro atoms. The van der Waals surface area contributed by atoms with Crippen LogP contribution in [0.25, 0.3) is 10.8 Å². The second-order valence-electron chi connectivity index (χ2n) is 9.93. The first kappa shape index (κ1) is 34.1. The van der Waals surface area contributed by atoms with E-state index in [1.165, 1.54) is 49.8 Å². The van der Waals surface area contributed by atoms with Gasteiger partial charge >= 0.3 is 11.9 Å². The van der Waals surface area contributed by atoms with Crippen molar-refractivity contribution in [3.05, 3.63) is 70.2 Å². The molecule has 2 N–H and O–H groups in total. The van der Waals surface area contributed by atoms with E-state index in [4.69, 9.17) is 19.9 Å². The van der Waals surface area contributed by atoms with Crippen LogP contribution >= 0.6 is 15.9 Å². The molecule has 0 atom stereocenters. The van der Waals surface area contributed by atoms with Gasteiger partial charge in [-0.1, -0.05) is 63.9 Å². The van der Waals surface area contributed by atoms with Gasteiger partial charge in [-0.05, 0) is 75.9 Å². The Morgan fingerprint density at radius 2 is 1.66 bits per heavy atom. The maximum Gasteiger partial charge on any atom is 0.338 e. The van der Waals surface area contributed by atoms with Crippen molar-refractivity contribution in [2.24, 2.45) is 0 Å². The minimum atomic E-state index is -0.398. The summed E-state index contributed by atoms with van der Waals surface area (Å²) in [5.41, 5.74) is 8.36. The molecule has 1 aliphatic carbocycles. The average molecular weight is 630 g/mol. The molecule has 0 aromatic heterocycles. The fourth-order valence-corrected chi connectivity index (χ4v) is 5.41. The number of methoxy groups -OCH3 is 1. The van der Waals surface area contributed by atoms with Gasteiger partial charge in [0.15, 0.2) is 0 Å². The lowest BCUT2D eigenvalue weighted by atomic mass is 9.93. The van der Waals surface area contributed by atoms with Crippen LogP contribution < -0.4 is 10.5 Å². The summed E-state index contributed by atoms with van der Waals surface area (Å²) in [6, 6.07) is 18.4. The molecule has 3 aromatic carbocycles. The predicted molar refractivity (Wildman–Crippen MR) is 170 cm³/mol. The third-order valence-electron chi connectivity index (χ3n) is 7.11. The Kier molecular flexibility index (Phi) is 14.7. The molecule has 4 rings (SSSR count). The van der Waals surface area contributed by atoms with Crippen molar-refractivity contribution in [3.8, 4) is 5.75 Å². The zero-order valence-electron chi connectivity index (χ0n) is 23.8. The topological polar surface area (TPSA) is 91.1 Å². The largest absolute Gasteiger partial charge is 0.497 e. The van der Waals surface area contributed by atoms with Crippen molar-refractivity contribution in [2.75, 3.05) is 32.6 Å². The van der Waals surface area contributed by atoms with Gasteiger partial charge in [0.05, 0.1) is 31.6 Å². The Morgan fingerprint density at radius 1 is 0.976 bits per heavy atom. The van der Waals surface area contributed by atoms with E-state index < -0.39 is 5.97 Å². The summed E-state index contributed by atoms with van der Waals surface area (Å²) in [4.78, 5) is 25.6. The zero-order valence-corrected chi connectivity index (χ0v) is 25.4. The molecule has 0 aliphatic heterocycles. The first-order valence-corrected chi connectivity index (χ1v) is 14.8. The van der Waals surface area contributed by atoms with Gasteiger partial charge in [0.2, 0.25) is 0 Å². The minimum Gasteiger partial charge on any atom is -0.497 e. The van der Waals surface area contributed by atoms with Crippen LogP contribution in [0.5, 0.6) is 5.75 Å². The molecule has 41 heavy (non-hydrogen) atoms. The maximum atomic E-state index is 12.4. The standard InChI is InChI=1S/C21H31BrN2O4.C11H10O.CH4/c1-3-24(18-8-5-4-6-9-18)14-17-12-16(13-19(22)20(17)23)21(26)28-11-7-10-27-15(2)25;1-12-11-7-6-9-4-2-3-5-10(9)8-11;/h12-13,18H,3-11,14,23H2,1-2H3;2-8H,1H3;1H4. The summed E-state index contributed by atoms with van der Waals surface area (Å²) < 4.78 is 16.0. The van der Waals surface area contributed by atoms with Crippen LogP contribution in [0.1, 0.15) is 75.7 Å². The van der Waals surface area contributed by atoms with Gasteiger partial charge in [-0.3, -0.25) is 9.69 Å². The number of hydrogen-bond donors (Lipinski definition) is 1. The number of carbonyl (C=O) groups is 2. The van der Waals surface area contributed by atoms with E-state index in [2.05, 4.69) is 46.0 Å². The first-order chi connectivity index (χ1) is 19.3. The molecule has 0 heterocycles. The fraction of sp³-hybridized carbons (Fsp3) is 0.455. The van der Waals surface area contributed by atoms with Crippen molar-refractivity contribution in [3.63, 3.8) is 0 Å². The van der Waals surface area contributed by atoms with Crippen molar-refractivity contribution in [1.82, 2.24) is 4.90 Å². The van der Waals surface area contributed by atoms with Crippen LogP contribution in [0.4, 0.5) is 5.69 Å². The molecule has 1 fully saturated rings. The number of rotatable bonds is 10. The van der Waals surface area contributed by atoms with Crippen molar-refractivity contribution >= 4 is 44.3 Å². The number of esters is 2. The molecule has 1 saturated carbocycles. The highest BCUT2D eigenvalue weighted by atomic mass is 79.9. The van der Waals surface area contributed by atoms with E-state index in [0.717, 1.165) is 24.4 Å². The lowest BCUT2D eigenvalue weighted by Crippen LogP contribution is -2.36. The number of ether oxygens (including phenoxy) is 3. The lowest BCUT2D eigenvalue weighted by molar-refractivity contribution is -0.141. The van der Waals surface area contributed by atoms with Gasteiger partial charge in [0, 0.05) is 30.4 Å². The minimum absolute atomic E-state index is 0. The molecule has 0 bridgehead atoms. The normalized spacial score (nSPS) is 13.1. The maximum absolute atomic E-state index is 12.4. The number of fused-ring (bicyclic) bond motifs is 1. The van der Waals surface area contributed by atoms with Gasteiger partial charge in [0.1, 0.15) is 5.75 Å². The third kappa shape index (κ3) is 10.7. The summed E-state index contributed by atoms with van der Waals surface area (Å²) >= 11 is 3.47. The van der Waals surface area contributed by atoms with E-state index in [9.17, 15) is 9.59 Å². The molecule has 8 heteroatoms. The second-order valence-corrected chi connectivity index (χ2v) is 10.8. The number of nitrogen functional groups attached to an aromatic ring is 1. The monoisotopic (exact) mass is 628 g/mol. The second kappa shape index (κ2) is 17.7. The summed E-state index contributed by atoms with van der Waals surface area (Å²) in [7, 11) is 1.68. The Bertz CT molecular complexity index is 1260. The van der Waals surface area contributed by atoms with Crippen molar-refractivity contribution < 1.29 is 23.8 Å². The number of benzene rings is 3. The van der Waals surface area contributed by atoms with Gasteiger partial charge in [-0.25, -0.2) is 4.79 Å². The Morgan fingerprint density at radius 3 is 2.32 bits per heavy atom. The Hall–Kier alpha value is -3.10. The van der Waals surface area contributed by atoms with Crippen LogP contribution in [-0.4, -0.2) is 49.7 Å². The molecule has 0 saturated heterocycles. The summed E-state index contributed by atoms with van der Waals surface area (Å²) in [5.74, 6) is 0.177. The van der Waals surface area contributed by atoms with Gasteiger partial charge in [-0.2, -0.15) is 0 Å². The summed E-state index contributed by atoms with van der Waals surface area (Å²) in [6.45, 7) is 5.64. The molecule has 224 valence electrons. The van der Waals surface area contributed by atoms with Crippen LogP contribution in [0.15, 0.2) is 59.1 Å². The van der Waals surface area contributed by atoms with Gasteiger partial charge in [0.25, 0.3) is 0 Å². The molecular weight excluding hydrogens is 584 g/mol. The predicted octanol–water partition coefficient (Wildman–Crippen LogP) is 7.78. The average Bonchev–Trinajstić information content (AvgIpc) is 2.97. The Labute approximate surface area is 253 Å². The van der Waals surface area contributed by atoms with Crippen LogP contribution in [0.3, 0.4) is 0 Å². The van der Waals surface area contributed by atoms with Crippen LogP contribution in [0, 0.1) is 0 Å². The Balaban J connectivity index is 0.000000375. The lowest BCUT2D eigenvalue weighted by Gasteiger charge is -2.34. The summed E-state index contributed by atoms with van der Waals surface area (Å²) in [5, 5.41) is 2.47. The molecule has 0 radical (unpaired) electrons. The van der Waals surface area contributed by atoms with Gasteiger partial charge in [-0.15, -0.1) is 0 Å². The van der Waals surface area contributed by atoms with Crippen molar-refractivity contribution in [2.45, 2.75) is 72.4 Å². The highest BCUT2D eigenvalue weighted by Gasteiger charge is 2.22. The summed E-state index contributed by atoms with van der Waals surface area (Å²) in [6.07, 6.45) is 6.79. The highest BCUT2D eigenvalue weighted by Crippen LogP contribution is 2.30. The number of nitrogens with zero attached hydrogens (tertiary/aromatic N) is 1. The quantitative estimate of drug-likeness (QED) is 0.139. The zero-order chi connectivity index (χ0) is 28.9. The molecule has 3 aromatic rings. The molecular formula is C33H45BrN2O5. The molecule has 1 aliphatic rings. The first-order valence-electron chi connectivity index (χ1n) is 14.0. The van der Waals surface area contributed by atoms with E-state index >= 15 is 0 Å². The van der Waals surface area contributed by atoms with Crippen molar-refractivity contribution in [1.29, 1.82) is 0 Å². The van der Waals surface area contributed by atoms with E-state index in [-0.39, 0.29) is 26.6 Å². The SMILES string of the molecule is C.CCN(Cc1cc(C(=O)OCCCOC(C)=O)cc(Br)c1N)C1CCCCC1.COc1ccc2ccccc2c1. The molecule has 7 nitrogen and oxygen atoms in total. The van der Waals surface area contributed by atoms with E-state index in [1.807, 2.05) is 30.3 Å². The number of carbonyl (C=O) groups excluding carboxylic acids is 2. The number of anilines is 1. The van der Waals surface area contributed by atoms with Crippen LogP contribution in [0.2, 0.25) is 0 Å².